The normalized spacial score (nSPS) is 15.3. The Morgan fingerprint density at radius 1 is 1.12 bits per heavy atom. The molecule has 0 fully saturated rings. The zero-order valence-corrected chi connectivity index (χ0v) is 13.7. The van der Waals surface area contributed by atoms with Crippen LogP contribution in [0.25, 0.3) is 6.08 Å². The summed E-state index contributed by atoms with van der Waals surface area (Å²) < 4.78 is 0. The number of nitro benzene ring substituents is 2. The van der Waals surface area contributed by atoms with Crippen LogP contribution in [0.3, 0.4) is 0 Å². The summed E-state index contributed by atoms with van der Waals surface area (Å²) in [6, 6.07) is 10.1. The lowest BCUT2D eigenvalue weighted by atomic mass is 10.1. The van der Waals surface area contributed by atoms with Crippen molar-refractivity contribution in [1.82, 2.24) is 5.32 Å². The maximum atomic E-state index is 12.5. The summed E-state index contributed by atoms with van der Waals surface area (Å²) in [5.74, 6) is -0.604. The van der Waals surface area contributed by atoms with E-state index in [1.807, 2.05) is 0 Å². The van der Waals surface area contributed by atoms with Gasteiger partial charge in [-0.1, -0.05) is 18.2 Å². The van der Waals surface area contributed by atoms with Gasteiger partial charge in [-0.15, -0.1) is 0 Å². The van der Waals surface area contributed by atoms with Crippen molar-refractivity contribution < 1.29 is 14.6 Å². The van der Waals surface area contributed by atoms with E-state index in [2.05, 4.69) is 5.32 Å². The van der Waals surface area contributed by atoms with E-state index >= 15 is 0 Å². The van der Waals surface area contributed by atoms with Crippen LogP contribution in [0, 0.1) is 20.2 Å². The smallest absolute Gasteiger partial charge is 0.282 e. The fourth-order valence-electron chi connectivity index (χ4n) is 2.75. The molecule has 9 nitrogen and oxygen atoms in total. The molecule has 0 aromatic heterocycles. The number of nitrogens with zero attached hydrogens (tertiary/aromatic N) is 3. The van der Waals surface area contributed by atoms with Crippen LogP contribution < -0.4 is 10.2 Å². The monoisotopic (exact) mass is 354 g/mol. The Kier molecular flexibility index (Phi) is 4.36. The maximum absolute atomic E-state index is 12.5. The summed E-state index contributed by atoms with van der Waals surface area (Å²) >= 11 is 0. The van der Waals surface area contributed by atoms with E-state index < -0.39 is 21.9 Å². The van der Waals surface area contributed by atoms with Crippen LogP contribution in [0.1, 0.15) is 15.9 Å². The van der Waals surface area contributed by atoms with Crippen LogP contribution >= 0.6 is 0 Å². The average molecular weight is 354 g/mol. The molecule has 0 radical (unpaired) electrons. The molecule has 26 heavy (non-hydrogen) atoms. The number of anilines is 1. The third-order valence-corrected chi connectivity index (χ3v) is 4.10. The summed E-state index contributed by atoms with van der Waals surface area (Å²) in [5, 5.41) is 24.8. The largest absolute Gasteiger partial charge is 0.350 e. The van der Waals surface area contributed by atoms with Crippen molar-refractivity contribution in [2.75, 3.05) is 11.9 Å². The zero-order valence-electron chi connectivity index (χ0n) is 13.7. The van der Waals surface area contributed by atoms with E-state index in [1.54, 1.807) is 36.2 Å². The van der Waals surface area contributed by atoms with Crippen molar-refractivity contribution in [3.05, 3.63) is 79.9 Å². The number of nitrogens with one attached hydrogen (secondary N) is 1. The summed E-state index contributed by atoms with van der Waals surface area (Å²) in [4.78, 5) is 35.1. The number of hydrogen-bond acceptors (Lipinski definition) is 6. The number of non-ortho nitro benzene ring substituents is 1. The van der Waals surface area contributed by atoms with Crippen molar-refractivity contribution in [3.63, 3.8) is 0 Å². The van der Waals surface area contributed by atoms with E-state index in [0.29, 0.717) is 5.69 Å². The van der Waals surface area contributed by atoms with Crippen molar-refractivity contribution in [2.24, 2.45) is 0 Å². The molecule has 3 rings (SSSR count). The molecule has 1 heterocycles. The second-order valence-corrected chi connectivity index (χ2v) is 5.66. The van der Waals surface area contributed by atoms with E-state index in [-0.39, 0.29) is 16.9 Å². The van der Waals surface area contributed by atoms with Crippen LogP contribution in [0.15, 0.2) is 48.5 Å². The lowest BCUT2D eigenvalue weighted by Gasteiger charge is -2.32. The molecular weight excluding hydrogens is 340 g/mol. The molecule has 0 bridgehead atoms. The second-order valence-electron chi connectivity index (χ2n) is 5.66. The minimum Gasteiger partial charge on any atom is -0.350 e. The van der Waals surface area contributed by atoms with Gasteiger partial charge in [0.1, 0.15) is 11.7 Å². The highest BCUT2D eigenvalue weighted by atomic mass is 16.6. The van der Waals surface area contributed by atoms with Crippen molar-refractivity contribution in [1.29, 1.82) is 0 Å². The Morgan fingerprint density at radius 3 is 2.54 bits per heavy atom. The molecular formula is C17H14N4O5. The van der Waals surface area contributed by atoms with E-state index in [4.69, 9.17) is 0 Å². The van der Waals surface area contributed by atoms with Crippen molar-refractivity contribution >= 4 is 29.0 Å². The highest BCUT2D eigenvalue weighted by Crippen LogP contribution is 2.31. The average Bonchev–Trinajstić information content (AvgIpc) is 2.63. The van der Waals surface area contributed by atoms with Gasteiger partial charge in [0.15, 0.2) is 0 Å². The quantitative estimate of drug-likeness (QED) is 0.666. The first-order valence-corrected chi connectivity index (χ1v) is 7.62. The van der Waals surface area contributed by atoms with Crippen LogP contribution in [0.2, 0.25) is 0 Å². The topological polar surface area (TPSA) is 119 Å². The number of likely N-dealkylation sites (N-methyl/N-ethyl adjacent to an activating group) is 1. The van der Waals surface area contributed by atoms with Gasteiger partial charge in [-0.25, -0.2) is 0 Å². The number of rotatable bonds is 4. The van der Waals surface area contributed by atoms with Gasteiger partial charge >= 0.3 is 0 Å². The number of benzene rings is 2. The van der Waals surface area contributed by atoms with Gasteiger partial charge in [0.25, 0.3) is 17.3 Å². The Balaban J connectivity index is 1.86. The number of carbonyl (C=O) groups excluding carboxylic acids is 1. The predicted octanol–water partition coefficient (Wildman–Crippen LogP) is 2.72. The lowest BCUT2D eigenvalue weighted by molar-refractivity contribution is -0.385. The van der Waals surface area contributed by atoms with Gasteiger partial charge in [0.2, 0.25) is 0 Å². The molecule has 1 aliphatic heterocycles. The molecule has 132 valence electrons. The van der Waals surface area contributed by atoms with Crippen molar-refractivity contribution in [2.45, 2.75) is 6.17 Å². The minimum absolute atomic E-state index is 0.0517. The van der Waals surface area contributed by atoms with Crippen LogP contribution in [0.5, 0.6) is 0 Å². The highest BCUT2D eigenvalue weighted by Gasteiger charge is 2.26. The Morgan fingerprint density at radius 2 is 1.85 bits per heavy atom. The second kappa shape index (κ2) is 6.63. The SMILES string of the molecule is CN1c2cc([N+](=O)[O-])ccc2C=CC1NC(=O)c1ccccc1[N+](=O)[O-]. The fraction of sp³-hybridized carbons (Fsp3) is 0.118. The molecule has 0 saturated heterocycles. The zero-order chi connectivity index (χ0) is 18.8. The molecule has 2 aromatic carbocycles. The van der Waals surface area contributed by atoms with Gasteiger partial charge in [0, 0.05) is 25.2 Å². The van der Waals surface area contributed by atoms with Gasteiger partial charge in [-0.05, 0) is 23.8 Å². The number of hydrogen-bond donors (Lipinski definition) is 1. The summed E-state index contributed by atoms with van der Waals surface area (Å²) in [7, 11) is 1.68. The van der Waals surface area contributed by atoms with Gasteiger partial charge < -0.3 is 10.2 Å². The fourth-order valence-corrected chi connectivity index (χ4v) is 2.75. The predicted molar refractivity (Wildman–Crippen MR) is 94.9 cm³/mol. The van der Waals surface area contributed by atoms with Crippen LogP contribution in [-0.4, -0.2) is 29.0 Å². The van der Waals surface area contributed by atoms with E-state index in [1.165, 1.54) is 30.3 Å². The summed E-state index contributed by atoms with van der Waals surface area (Å²) in [6.45, 7) is 0. The van der Waals surface area contributed by atoms with Crippen LogP contribution in [0.4, 0.5) is 17.1 Å². The molecule has 1 aliphatic rings. The van der Waals surface area contributed by atoms with E-state index in [9.17, 15) is 25.0 Å². The Labute approximate surface area is 147 Å². The Bertz CT molecular complexity index is 941. The number of para-hydroxylation sites is 1. The third kappa shape index (κ3) is 3.09. The maximum Gasteiger partial charge on any atom is 0.282 e. The minimum atomic E-state index is -0.617. The molecule has 0 spiro atoms. The first-order chi connectivity index (χ1) is 12.4. The molecule has 1 N–H and O–H groups in total. The molecule has 2 aromatic rings. The van der Waals surface area contributed by atoms with E-state index in [0.717, 1.165) is 5.56 Å². The van der Waals surface area contributed by atoms with Gasteiger partial charge in [0.05, 0.1) is 15.5 Å². The Hall–Kier alpha value is -3.75. The van der Waals surface area contributed by atoms with Gasteiger partial charge in [-0.2, -0.15) is 0 Å². The van der Waals surface area contributed by atoms with Crippen LogP contribution in [-0.2, 0) is 0 Å². The molecule has 1 unspecified atom stereocenters. The molecule has 1 atom stereocenters. The number of carbonyl (C=O) groups is 1. The first kappa shape index (κ1) is 17.1. The molecule has 0 aliphatic carbocycles. The lowest BCUT2D eigenvalue weighted by Crippen LogP contribution is -2.46. The number of nitro groups is 2. The molecule has 0 saturated carbocycles. The van der Waals surface area contributed by atoms with Crippen molar-refractivity contribution in [3.8, 4) is 0 Å². The highest BCUT2D eigenvalue weighted by molar-refractivity contribution is 5.98. The first-order valence-electron chi connectivity index (χ1n) is 7.62. The third-order valence-electron chi connectivity index (χ3n) is 4.10. The number of fused-ring (bicyclic) bond motifs is 1. The molecule has 1 amide bonds. The van der Waals surface area contributed by atoms with Gasteiger partial charge in [-0.3, -0.25) is 25.0 Å². The molecule has 9 heteroatoms. The summed E-state index contributed by atoms with van der Waals surface area (Å²) in [5.41, 5.74) is 0.950. The number of amides is 1. The summed E-state index contributed by atoms with van der Waals surface area (Å²) in [6.07, 6.45) is 2.85. The standard InChI is InChI=1S/C17H14N4O5/c1-19-15-10-12(20(23)24)8-6-11(15)7-9-16(19)18-17(22)13-4-2-3-5-14(13)21(25)26/h2-10,16H,1H3,(H,18,22).